The van der Waals surface area contributed by atoms with Gasteiger partial charge in [0.2, 0.25) is 6.20 Å². The van der Waals surface area contributed by atoms with Crippen LogP contribution >= 0.6 is 11.5 Å². The predicted molar refractivity (Wildman–Crippen MR) is 80.1 cm³/mol. The summed E-state index contributed by atoms with van der Waals surface area (Å²) in [6.07, 6.45) is 1.86. The first-order chi connectivity index (χ1) is 9.83. The van der Waals surface area contributed by atoms with E-state index < -0.39 is 0 Å². The Balaban J connectivity index is 1.77. The van der Waals surface area contributed by atoms with E-state index in [0.29, 0.717) is 5.56 Å². The normalized spacial score (nSPS) is 10.2. The van der Waals surface area contributed by atoms with Crippen LogP contribution in [0.1, 0.15) is 10.4 Å². The summed E-state index contributed by atoms with van der Waals surface area (Å²) in [5.41, 5.74) is 4.64. The minimum atomic E-state index is -0.114. The molecular weight excluding hydrogens is 268 g/mol. The number of nitrogens with zero attached hydrogens (tertiary/aromatic N) is 1. The molecule has 0 aliphatic carbocycles. The first-order valence-electron chi connectivity index (χ1n) is 6.27. The minimum absolute atomic E-state index is 0.114. The fraction of sp³-hybridized carbons (Fsp3) is 0. The van der Waals surface area contributed by atoms with Crippen LogP contribution in [0.25, 0.3) is 10.4 Å². The maximum atomic E-state index is 12.0. The van der Waals surface area contributed by atoms with Crippen LogP contribution in [-0.4, -0.2) is 5.91 Å². The zero-order valence-corrected chi connectivity index (χ0v) is 11.5. The van der Waals surface area contributed by atoms with Crippen molar-refractivity contribution in [3.05, 3.63) is 78.5 Å². The average Bonchev–Trinajstić information content (AvgIpc) is 2.97. The molecule has 0 atom stereocenters. The second-order valence-corrected chi connectivity index (χ2v) is 5.29. The van der Waals surface area contributed by atoms with E-state index in [1.165, 1.54) is 11.5 Å². The number of hydrogen-bond donors (Lipinski definition) is 1. The van der Waals surface area contributed by atoms with Gasteiger partial charge in [0, 0.05) is 11.6 Å². The van der Waals surface area contributed by atoms with Crippen molar-refractivity contribution in [2.75, 3.05) is 5.43 Å². The molecule has 0 aliphatic heterocycles. The number of hydrogen-bond acceptors (Lipinski definition) is 2. The van der Waals surface area contributed by atoms with Crippen molar-refractivity contribution in [2.45, 2.75) is 0 Å². The molecule has 98 valence electrons. The molecule has 3 aromatic rings. The van der Waals surface area contributed by atoms with Gasteiger partial charge in [-0.1, -0.05) is 48.5 Å². The summed E-state index contributed by atoms with van der Waals surface area (Å²) < 4.78 is 1.72. The van der Waals surface area contributed by atoms with Gasteiger partial charge in [-0.3, -0.25) is 4.79 Å². The standard InChI is InChI=1S/C16H12N2OS/c19-16(14-9-5-2-6-10-14)17-18-12-11-15(20-18)13-7-3-1-4-8-13/h1-12H/p+1. The van der Waals surface area contributed by atoms with Gasteiger partial charge in [-0.2, -0.15) is 0 Å². The van der Waals surface area contributed by atoms with Gasteiger partial charge in [0.15, 0.2) is 11.5 Å². The maximum absolute atomic E-state index is 12.0. The van der Waals surface area contributed by atoms with Crippen LogP contribution in [0.15, 0.2) is 72.9 Å². The molecule has 1 N–H and O–H groups in total. The third-order valence-corrected chi connectivity index (χ3v) is 3.84. The van der Waals surface area contributed by atoms with Gasteiger partial charge in [0.1, 0.15) is 4.88 Å². The number of amides is 1. The lowest BCUT2D eigenvalue weighted by atomic mass is 10.2. The molecule has 0 fully saturated rings. The highest BCUT2D eigenvalue weighted by molar-refractivity contribution is 7.05. The summed E-state index contributed by atoms with van der Waals surface area (Å²) in [5, 5.41) is 0. The highest BCUT2D eigenvalue weighted by atomic mass is 32.1. The van der Waals surface area contributed by atoms with Gasteiger partial charge >= 0.3 is 5.91 Å². The number of nitrogens with one attached hydrogen (secondary N) is 1. The summed E-state index contributed by atoms with van der Waals surface area (Å²) in [4.78, 5) is 13.1. The van der Waals surface area contributed by atoms with Crippen molar-refractivity contribution < 1.29 is 8.86 Å². The lowest BCUT2D eigenvalue weighted by Crippen LogP contribution is -2.44. The van der Waals surface area contributed by atoms with Gasteiger partial charge < -0.3 is 0 Å². The molecule has 1 aromatic heterocycles. The number of rotatable bonds is 3. The smallest absolute Gasteiger partial charge is 0.263 e. The number of carbonyl (C=O) groups is 1. The lowest BCUT2D eigenvalue weighted by molar-refractivity contribution is -0.568. The van der Waals surface area contributed by atoms with Gasteiger partial charge in [-0.25, -0.2) is 0 Å². The van der Waals surface area contributed by atoms with Gasteiger partial charge in [0.05, 0.1) is 0 Å². The Morgan fingerprint density at radius 2 is 1.55 bits per heavy atom. The van der Waals surface area contributed by atoms with Crippen LogP contribution in [0, 0.1) is 0 Å². The van der Waals surface area contributed by atoms with Crippen LogP contribution in [0.2, 0.25) is 0 Å². The summed E-state index contributed by atoms with van der Waals surface area (Å²) >= 11 is 1.49. The third-order valence-electron chi connectivity index (χ3n) is 2.86. The van der Waals surface area contributed by atoms with E-state index in [-0.39, 0.29) is 5.91 Å². The molecule has 1 amide bonds. The SMILES string of the molecule is O=C(N[n+]1ccc(-c2ccccc2)s1)c1ccccc1. The average molecular weight is 281 g/mol. The van der Waals surface area contributed by atoms with Crippen molar-refractivity contribution in [3.8, 4) is 10.4 Å². The topological polar surface area (TPSA) is 33.0 Å². The molecule has 2 aromatic carbocycles. The third kappa shape index (κ3) is 2.75. The Bertz CT molecular complexity index is 708. The molecule has 0 bridgehead atoms. The maximum Gasteiger partial charge on any atom is 0.306 e. The van der Waals surface area contributed by atoms with Crippen molar-refractivity contribution >= 4 is 17.4 Å². The van der Waals surface area contributed by atoms with E-state index in [1.54, 1.807) is 16.2 Å². The molecule has 0 aliphatic rings. The highest BCUT2D eigenvalue weighted by Gasteiger charge is 2.14. The van der Waals surface area contributed by atoms with E-state index >= 15 is 0 Å². The minimum Gasteiger partial charge on any atom is -0.263 e. The first kappa shape index (κ1) is 12.6. The monoisotopic (exact) mass is 281 g/mol. The van der Waals surface area contributed by atoms with Crippen LogP contribution in [0.5, 0.6) is 0 Å². The molecule has 0 radical (unpaired) electrons. The van der Waals surface area contributed by atoms with E-state index in [0.717, 1.165) is 10.4 Å². The molecule has 0 unspecified atom stereocenters. The van der Waals surface area contributed by atoms with Crippen molar-refractivity contribution in [2.24, 2.45) is 0 Å². The number of carbonyl (C=O) groups excluding carboxylic acids is 1. The zero-order valence-electron chi connectivity index (χ0n) is 10.7. The van der Waals surface area contributed by atoms with Gasteiger partial charge in [-0.05, 0) is 21.8 Å². The van der Waals surface area contributed by atoms with E-state index in [2.05, 4.69) is 17.6 Å². The van der Waals surface area contributed by atoms with Gasteiger partial charge in [-0.15, -0.1) is 5.43 Å². The number of aromatic nitrogens is 1. The summed E-state index contributed by atoms with van der Waals surface area (Å²) in [7, 11) is 0. The van der Waals surface area contributed by atoms with Crippen LogP contribution < -0.4 is 9.49 Å². The Kier molecular flexibility index (Phi) is 3.56. The fourth-order valence-corrected chi connectivity index (χ4v) is 2.69. The van der Waals surface area contributed by atoms with Crippen LogP contribution in [0.4, 0.5) is 0 Å². The Morgan fingerprint density at radius 1 is 0.900 bits per heavy atom. The second kappa shape index (κ2) is 5.67. The highest BCUT2D eigenvalue weighted by Crippen LogP contribution is 2.20. The molecule has 20 heavy (non-hydrogen) atoms. The Hall–Kier alpha value is -2.46. The van der Waals surface area contributed by atoms with Crippen molar-refractivity contribution in [3.63, 3.8) is 0 Å². The number of benzene rings is 2. The predicted octanol–water partition coefficient (Wildman–Crippen LogP) is 3.09. The molecule has 3 nitrogen and oxygen atoms in total. The van der Waals surface area contributed by atoms with E-state index in [4.69, 9.17) is 0 Å². The second-order valence-electron chi connectivity index (χ2n) is 4.27. The van der Waals surface area contributed by atoms with Crippen LogP contribution in [-0.2, 0) is 0 Å². The van der Waals surface area contributed by atoms with E-state index in [1.807, 2.05) is 48.7 Å². The van der Waals surface area contributed by atoms with Crippen LogP contribution in [0.3, 0.4) is 0 Å². The molecule has 4 heteroatoms. The Labute approximate surface area is 121 Å². The molecule has 0 saturated carbocycles. The summed E-state index contributed by atoms with van der Waals surface area (Å²) in [6, 6.07) is 21.3. The molecule has 0 saturated heterocycles. The van der Waals surface area contributed by atoms with E-state index in [9.17, 15) is 4.79 Å². The fourth-order valence-electron chi connectivity index (χ4n) is 1.87. The molecule has 1 heterocycles. The Morgan fingerprint density at radius 3 is 2.25 bits per heavy atom. The molecular formula is C16H13N2OS+. The largest absolute Gasteiger partial charge is 0.306 e. The van der Waals surface area contributed by atoms with Crippen molar-refractivity contribution in [1.29, 1.82) is 0 Å². The molecule has 0 spiro atoms. The quantitative estimate of drug-likeness (QED) is 0.735. The summed E-state index contributed by atoms with van der Waals surface area (Å²) in [5.74, 6) is -0.114. The molecule has 3 rings (SSSR count). The zero-order chi connectivity index (χ0) is 13.8. The van der Waals surface area contributed by atoms with Gasteiger partial charge in [0.25, 0.3) is 0 Å². The lowest BCUT2D eigenvalue weighted by Gasteiger charge is -1.96. The summed E-state index contributed by atoms with van der Waals surface area (Å²) in [6.45, 7) is 0. The van der Waals surface area contributed by atoms with Crippen molar-refractivity contribution in [1.82, 2.24) is 0 Å². The first-order valence-corrected chi connectivity index (χ1v) is 7.04.